The van der Waals surface area contributed by atoms with Crippen molar-refractivity contribution in [2.24, 2.45) is 7.05 Å². The molecule has 90 valence electrons. The number of aromatic nitrogens is 2. The molecule has 16 heavy (non-hydrogen) atoms. The van der Waals surface area contributed by atoms with E-state index in [0.717, 1.165) is 18.5 Å². The maximum Gasteiger partial charge on any atom is 0.0681 e. The van der Waals surface area contributed by atoms with Crippen LogP contribution in [0.3, 0.4) is 0 Å². The van der Waals surface area contributed by atoms with Crippen LogP contribution in [-0.2, 0) is 17.9 Å². The number of aliphatic hydroxyl groups is 1. The summed E-state index contributed by atoms with van der Waals surface area (Å²) in [5.41, 5.74) is 2.39. The Morgan fingerprint density at radius 1 is 1.44 bits per heavy atom. The highest BCUT2D eigenvalue weighted by atomic mass is 16.3. The second-order valence-corrected chi connectivity index (χ2v) is 6.08. The van der Waals surface area contributed by atoms with Gasteiger partial charge in [-0.15, -0.1) is 0 Å². The van der Waals surface area contributed by atoms with Crippen molar-refractivity contribution in [2.45, 2.75) is 50.9 Å². The first-order valence-corrected chi connectivity index (χ1v) is 6.05. The lowest BCUT2D eigenvalue weighted by atomic mass is 9.67. The van der Waals surface area contributed by atoms with Gasteiger partial charge in [-0.05, 0) is 18.9 Å². The summed E-state index contributed by atoms with van der Waals surface area (Å²) in [6, 6.07) is 2.18. The van der Waals surface area contributed by atoms with Gasteiger partial charge in [0.15, 0.2) is 0 Å². The molecule has 3 heteroatoms. The van der Waals surface area contributed by atoms with E-state index in [2.05, 4.69) is 31.9 Å². The molecule has 1 aliphatic carbocycles. The highest BCUT2D eigenvalue weighted by Crippen LogP contribution is 2.43. The quantitative estimate of drug-likeness (QED) is 0.832. The first kappa shape index (κ1) is 11.6. The van der Waals surface area contributed by atoms with Gasteiger partial charge in [0.2, 0.25) is 0 Å². The summed E-state index contributed by atoms with van der Waals surface area (Å²) in [7, 11) is 1.99. The molecule has 0 saturated heterocycles. The minimum Gasteiger partial charge on any atom is -0.395 e. The van der Waals surface area contributed by atoms with Crippen molar-refractivity contribution in [2.75, 3.05) is 6.61 Å². The molecule has 1 aromatic rings. The first-order valence-electron chi connectivity index (χ1n) is 6.05. The fraction of sp³-hybridized carbons (Fsp3) is 0.769. The minimum atomic E-state index is -0.00868. The van der Waals surface area contributed by atoms with Crippen molar-refractivity contribution in [1.82, 2.24) is 9.78 Å². The smallest absolute Gasteiger partial charge is 0.0681 e. The third kappa shape index (κ3) is 1.67. The van der Waals surface area contributed by atoms with Crippen molar-refractivity contribution in [3.63, 3.8) is 0 Å². The van der Waals surface area contributed by atoms with Gasteiger partial charge in [-0.2, -0.15) is 5.10 Å². The van der Waals surface area contributed by atoms with Crippen LogP contribution < -0.4 is 0 Å². The van der Waals surface area contributed by atoms with Crippen LogP contribution in [0.1, 0.15) is 51.4 Å². The molecule has 1 aromatic heterocycles. The molecule has 0 aliphatic heterocycles. The zero-order valence-electron chi connectivity index (χ0n) is 10.7. The number of aryl methyl sites for hydroxylation is 1. The maximum atomic E-state index is 9.59. The molecule has 0 bridgehead atoms. The molecule has 1 aliphatic rings. The molecule has 1 N–H and O–H groups in total. The molecule has 0 aromatic carbocycles. The number of nitrogens with zero attached hydrogens (tertiary/aromatic N) is 2. The zero-order valence-corrected chi connectivity index (χ0v) is 10.7. The standard InChI is InChI=1S/C13H22N2O/c1-12(2,3)10-8-11(15(4)14-10)13(9-16)6-5-7-13/h8,16H,5-7,9H2,1-4H3. The van der Waals surface area contributed by atoms with Gasteiger partial charge in [0.25, 0.3) is 0 Å². The van der Waals surface area contributed by atoms with E-state index in [0.29, 0.717) is 0 Å². The van der Waals surface area contributed by atoms with Gasteiger partial charge >= 0.3 is 0 Å². The molecule has 0 spiro atoms. The first-order chi connectivity index (χ1) is 7.39. The molecule has 0 unspecified atom stereocenters. The fourth-order valence-corrected chi connectivity index (χ4v) is 2.43. The lowest BCUT2D eigenvalue weighted by molar-refractivity contribution is 0.112. The molecule has 0 atom stereocenters. The van der Waals surface area contributed by atoms with Gasteiger partial charge in [-0.3, -0.25) is 4.68 Å². The Morgan fingerprint density at radius 3 is 2.38 bits per heavy atom. The summed E-state index contributed by atoms with van der Waals surface area (Å²) >= 11 is 0. The van der Waals surface area contributed by atoms with E-state index in [1.165, 1.54) is 12.1 Å². The lowest BCUT2D eigenvalue weighted by Crippen LogP contribution is -2.39. The predicted molar refractivity (Wildman–Crippen MR) is 64.5 cm³/mol. The van der Waals surface area contributed by atoms with Gasteiger partial charge in [0.05, 0.1) is 12.3 Å². The minimum absolute atomic E-state index is 0.00868. The van der Waals surface area contributed by atoms with Crippen LogP contribution in [0.5, 0.6) is 0 Å². The van der Waals surface area contributed by atoms with E-state index < -0.39 is 0 Å². The van der Waals surface area contributed by atoms with Crippen LogP contribution in [0.2, 0.25) is 0 Å². The van der Waals surface area contributed by atoms with Crippen LogP contribution in [0, 0.1) is 0 Å². The molecule has 1 fully saturated rings. The van der Waals surface area contributed by atoms with Gasteiger partial charge in [0.1, 0.15) is 0 Å². The number of hydrogen-bond donors (Lipinski definition) is 1. The largest absolute Gasteiger partial charge is 0.395 e. The van der Waals surface area contributed by atoms with Crippen molar-refractivity contribution in [3.8, 4) is 0 Å². The Bertz CT molecular complexity index is 378. The molecule has 2 rings (SSSR count). The average Bonchev–Trinajstić information content (AvgIpc) is 2.47. The summed E-state index contributed by atoms with van der Waals surface area (Å²) in [4.78, 5) is 0. The third-order valence-electron chi connectivity index (χ3n) is 3.80. The Morgan fingerprint density at radius 2 is 2.06 bits per heavy atom. The molecule has 0 amide bonds. The second-order valence-electron chi connectivity index (χ2n) is 6.08. The van der Waals surface area contributed by atoms with E-state index >= 15 is 0 Å². The van der Waals surface area contributed by atoms with Crippen LogP contribution in [-0.4, -0.2) is 21.5 Å². The van der Waals surface area contributed by atoms with E-state index in [4.69, 9.17) is 0 Å². The predicted octanol–water partition coefficient (Wildman–Crippen LogP) is 2.13. The van der Waals surface area contributed by atoms with E-state index in [1.807, 2.05) is 11.7 Å². The Balaban J connectivity index is 2.39. The van der Waals surface area contributed by atoms with Crippen LogP contribution >= 0.6 is 0 Å². The second kappa shape index (κ2) is 3.59. The summed E-state index contributed by atoms with van der Waals surface area (Å²) < 4.78 is 1.95. The Kier molecular flexibility index (Phi) is 2.61. The normalized spacial score (nSPS) is 19.6. The number of aliphatic hydroxyl groups excluding tert-OH is 1. The van der Waals surface area contributed by atoms with E-state index in [-0.39, 0.29) is 17.4 Å². The highest BCUT2D eigenvalue weighted by molar-refractivity contribution is 5.26. The Hall–Kier alpha value is -0.830. The van der Waals surface area contributed by atoms with E-state index in [1.54, 1.807) is 0 Å². The van der Waals surface area contributed by atoms with Crippen molar-refractivity contribution in [3.05, 3.63) is 17.5 Å². The molecule has 0 radical (unpaired) electrons. The van der Waals surface area contributed by atoms with Gasteiger partial charge in [-0.25, -0.2) is 0 Å². The lowest BCUT2D eigenvalue weighted by Gasteiger charge is -2.40. The average molecular weight is 222 g/mol. The van der Waals surface area contributed by atoms with Crippen molar-refractivity contribution < 1.29 is 5.11 Å². The SMILES string of the molecule is Cn1nc(C(C)(C)C)cc1C1(CO)CCC1. The van der Waals surface area contributed by atoms with Gasteiger partial charge < -0.3 is 5.11 Å². The number of hydrogen-bond acceptors (Lipinski definition) is 2. The zero-order chi connectivity index (χ0) is 12.0. The fourth-order valence-electron chi connectivity index (χ4n) is 2.43. The van der Waals surface area contributed by atoms with Gasteiger partial charge in [-0.1, -0.05) is 27.2 Å². The summed E-state index contributed by atoms with van der Waals surface area (Å²) in [6.45, 7) is 6.76. The summed E-state index contributed by atoms with van der Waals surface area (Å²) in [6.07, 6.45) is 3.40. The third-order valence-corrected chi connectivity index (χ3v) is 3.80. The van der Waals surface area contributed by atoms with Crippen LogP contribution in [0.15, 0.2) is 6.07 Å². The topological polar surface area (TPSA) is 38.0 Å². The van der Waals surface area contributed by atoms with Gasteiger partial charge in [0, 0.05) is 23.6 Å². The molecule has 3 nitrogen and oxygen atoms in total. The maximum absolute atomic E-state index is 9.59. The van der Waals surface area contributed by atoms with Crippen molar-refractivity contribution in [1.29, 1.82) is 0 Å². The van der Waals surface area contributed by atoms with Crippen molar-refractivity contribution >= 4 is 0 Å². The summed E-state index contributed by atoms with van der Waals surface area (Å²) in [5, 5.41) is 14.2. The highest BCUT2D eigenvalue weighted by Gasteiger charge is 2.41. The monoisotopic (exact) mass is 222 g/mol. The molecule has 1 heterocycles. The molecular weight excluding hydrogens is 200 g/mol. The van der Waals surface area contributed by atoms with E-state index in [9.17, 15) is 5.11 Å². The summed E-state index contributed by atoms with van der Waals surface area (Å²) in [5.74, 6) is 0. The van der Waals surface area contributed by atoms with Crippen LogP contribution in [0.25, 0.3) is 0 Å². The molecular formula is C13H22N2O. The van der Waals surface area contributed by atoms with Crippen LogP contribution in [0.4, 0.5) is 0 Å². The Labute approximate surface area is 97.5 Å². The molecule has 1 saturated carbocycles. The number of rotatable bonds is 2.